The molecule has 0 spiro atoms. The van der Waals surface area contributed by atoms with Gasteiger partial charge in [0, 0.05) is 17.5 Å². The molecule has 7 nitrogen and oxygen atoms in total. The Morgan fingerprint density at radius 2 is 1.88 bits per heavy atom. The number of pyridine rings is 1. The molecule has 5 aromatic rings. The average molecular weight is 528 g/mol. The van der Waals surface area contributed by atoms with Gasteiger partial charge in [-0.2, -0.15) is 5.10 Å². The van der Waals surface area contributed by atoms with Gasteiger partial charge < -0.3 is 11.1 Å². The molecule has 3 aromatic heterocycles. The number of aryl methyl sites for hydroxylation is 3. The maximum Gasteiger partial charge on any atom is 1.00 e. The van der Waals surface area contributed by atoms with E-state index in [1.54, 1.807) is 28.9 Å². The Morgan fingerprint density at radius 1 is 1.12 bits per heavy atom. The van der Waals surface area contributed by atoms with Gasteiger partial charge >= 0.3 is 35.5 Å². The van der Waals surface area contributed by atoms with E-state index in [-0.39, 0.29) is 36.5 Å². The van der Waals surface area contributed by atoms with Crippen molar-refractivity contribution in [2.45, 2.75) is 33.7 Å². The molecule has 1 N–H and O–H groups in total. The predicted molar refractivity (Wildman–Crippen MR) is 132 cm³/mol. The number of fused-ring (bicyclic) bond motifs is 2. The molecule has 0 amide bonds. The fraction of sp³-hybridized carbons (Fsp3) is 0.200. The zero-order valence-corrected chi connectivity index (χ0v) is 23.1. The molecule has 2 aromatic carbocycles. The number of hydrogen-bond acceptors (Lipinski definition) is 4. The van der Waals surface area contributed by atoms with Crippen molar-refractivity contribution < 1.29 is 40.9 Å². The summed E-state index contributed by atoms with van der Waals surface area (Å²) in [5.74, 6) is 0.00589. The van der Waals surface area contributed by atoms with Crippen molar-refractivity contribution >= 4 is 44.0 Å². The van der Waals surface area contributed by atoms with Crippen molar-refractivity contribution in [3.05, 3.63) is 81.3 Å². The molecule has 9 heteroatoms. The summed E-state index contributed by atoms with van der Waals surface area (Å²) in [5.41, 5.74) is 6.51. The summed E-state index contributed by atoms with van der Waals surface area (Å²) in [6.07, 6.45) is 0.810. The van der Waals surface area contributed by atoms with Crippen molar-refractivity contribution in [2.75, 3.05) is 0 Å². The van der Waals surface area contributed by atoms with E-state index in [0.717, 1.165) is 51.1 Å². The summed E-state index contributed by atoms with van der Waals surface area (Å²) in [7, 11) is 0. The zero-order chi connectivity index (χ0) is 23.3. The van der Waals surface area contributed by atoms with Crippen LogP contribution in [0.1, 0.15) is 41.4 Å². The number of carboxylic acids is 1. The van der Waals surface area contributed by atoms with Crippen LogP contribution in [0.15, 0.2) is 53.1 Å². The third kappa shape index (κ3) is 4.20. The number of aromatic nitrogens is 5. The maximum absolute atomic E-state index is 11.7. The second-order valence-corrected chi connectivity index (χ2v) is 8.85. The first-order valence-electron chi connectivity index (χ1n) is 10.7. The number of carboxylic acid groups (broad SMARTS) is 1. The number of para-hydroxylation sites is 1. The number of carbonyl (C=O) groups is 1. The molecule has 5 rings (SSSR count). The van der Waals surface area contributed by atoms with E-state index in [2.05, 4.69) is 51.6 Å². The number of halogens is 1. The Hall–Kier alpha value is -2.52. The van der Waals surface area contributed by atoms with E-state index in [0.29, 0.717) is 16.8 Å². The van der Waals surface area contributed by atoms with Crippen LogP contribution >= 0.6 is 15.9 Å². The molecule has 0 bridgehead atoms. The summed E-state index contributed by atoms with van der Waals surface area (Å²) in [6.45, 7) is 6.81. The van der Waals surface area contributed by atoms with E-state index < -0.39 is 5.97 Å². The van der Waals surface area contributed by atoms with Gasteiger partial charge in [-0.05, 0) is 71.2 Å². The summed E-state index contributed by atoms with van der Waals surface area (Å²) in [4.78, 5) is 21.3. The van der Waals surface area contributed by atoms with E-state index in [4.69, 9.17) is 9.97 Å². The smallest absolute Gasteiger partial charge is 1.00 e. The second-order valence-electron chi connectivity index (χ2n) is 8.10. The minimum atomic E-state index is -0.991. The summed E-state index contributed by atoms with van der Waals surface area (Å²) < 4.78 is 4.52. The molecule has 0 saturated heterocycles. The predicted octanol–water partition coefficient (Wildman–Crippen LogP) is 2.57. The van der Waals surface area contributed by atoms with Crippen molar-refractivity contribution in [1.29, 1.82) is 0 Å². The molecule has 3 heterocycles. The van der Waals surface area contributed by atoms with Crippen LogP contribution in [0, 0.1) is 13.8 Å². The van der Waals surface area contributed by atoms with Crippen molar-refractivity contribution in [2.24, 2.45) is 0 Å². The molecule has 0 aliphatic carbocycles. The largest absolute Gasteiger partial charge is 1.00 e. The van der Waals surface area contributed by atoms with Gasteiger partial charge in [0.05, 0.1) is 23.3 Å². The van der Waals surface area contributed by atoms with Gasteiger partial charge in [-0.1, -0.05) is 25.1 Å². The first-order chi connectivity index (χ1) is 15.9. The molecular weight excluding hydrogens is 505 g/mol. The third-order valence-corrected chi connectivity index (χ3v) is 6.56. The number of benzene rings is 2. The third-order valence-electron chi connectivity index (χ3n) is 5.80. The van der Waals surface area contributed by atoms with Gasteiger partial charge in [0.25, 0.3) is 0 Å². The van der Waals surface area contributed by atoms with Crippen LogP contribution in [-0.2, 0) is 13.0 Å². The first-order valence-corrected chi connectivity index (χ1v) is 11.5. The molecule has 0 aliphatic heterocycles. The normalized spacial score (nSPS) is 11.2. The van der Waals surface area contributed by atoms with Crippen LogP contribution in [0.2, 0.25) is 0 Å². The second kappa shape index (κ2) is 9.62. The molecule has 0 saturated carbocycles. The summed E-state index contributed by atoms with van der Waals surface area (Å²) >= 11 is 3.65. The van der Waals surface area contributed by atoms with Crippen LogP contribution in [0.5, 0.6) is 0 Å². The Balaban J connectivity index is 0.00000171. The quantitative estimate of drug-likeness (QED) is 0.355. The monoisotopic (exact) mass is 527 g/mol. The van der Waals surface area contributed by atoms with Gasteiger partial charge in [-0.3, -0.25) is 0 Å². The summed E-state index contributed by atoms with van der Waals surface area (Å²) in [5, 5.41) is 15.1. The molecule has 0 atom stereocenters. The fourth-order valence-electron chi connectivity index (χ4n) is 4.27. The van der Waals surface area contributed by atoms with Gasteiger partial charge in [0.15, 0.2) is 5.65 Å². The molecular formula is C25H23BrN5NaO2. The van der Waals surface area contributed by atoms with E-state index in [9.17, 15) is 9.90 Å². The van der Waals surface area contributed by atoms with Crippen molar-refractivity contribution in [1.82, 2.24) is 24.3 Å². The topological polar surface area (TPSA) is 85.8 Å². The summed E-state index contributed by atoms with van der Waals surface area (Å²) in [6, 6.07) is 15.0. The van der Waals surface area contributed by atoms with Gasteiger partial charge in [0.2, 0.25) is 0 Å². The Labute approximate surface area is 228 Å². The fourth-order valence-corrected chi connectivity index (χ4v) is 4.85. The number of hydrogen-bond donors (Lipinski definition) is 1. The molecule has 168 valence electrons. The van der Waals surface area contributed by atoms with Crippen LogP contribution in [0.3, 0.4) is 0 Å². The molecule has 0 aliphatic rings. The Kier molecular flexibility index (Phi) is 6.96. The minimum absolute atomic E-state index is 0. The van der Waals surface area contributed by atoms with Crippen LogP contribution in [0.4, 0.5) is 0 Å². The SMILES string of the molecule is CCc1nc2c(C)cc(C)nc2n1Cc1ccc2nn(-c3ccccc3C(=O)O)c(Br)c2c1.[H-].[Na+]. The number of imidazole rings is 1. The van der Waals surface area contributed by atoms with Crippen LogP contribution in [0.25, 0.3) is 27.8 Å². The van der Waals surface area contributed by atoms with E-state index >= 15 is 0 Å². The maximum atomic E-state index is 11.7. The van der Waals surface area contributed by atoms with E-state index in [1.807, 2.05) is 19.1 Å². The number of rotatable bonds is 5. The molecule has 0 radical (unpaired) electrons. The standard InChI is InChI=1S/C25H22BrN5O2.Na.H/c1-4-21-28-22-14(2)11-15(3)27-24(22)30(21)13-16-9-10-19-18(12-16)23(26)31(29-19)20-8-6-5-7-17(20)25(32)33;;/h5-12H,4,13H2,1-3H3,(H,32,33);;/q;+1;-1. The van der Waals surface area contributed by atoms with Crippen molar-refractivity contribution in [3.63, 3.8) is 0 Å². The zero-order valence-electron chi connectivity index (χ0n) is 20.5. The van der Waals surface area contributed by atoms with E-state index in [1.165, 1.54) is 0 Å². The molecule has 0 unspecified atom stereocenters. The number of nitrogens with zero attached hydrogens (tertiary/aromatic N) is 5. The molecule has 34 heavy (non-hydrogen) atoms. The minimum Gasteiger partial charge on any atom is -1.00 e. The van der Waals surface area contributed by atoms with Gasteiger partial charge in [-0.15, -0.1) is 0 Å². The van der Waals surface area contributed by atoms with Gasteiger partial charge in [-0.25, -0.2) is 19.4 Å². The molecule has 0 fully saturated rings. The van der Waals surface area contributed by atoms with Crippen LogP contribution < -0.4 is 29.6 Å². The average Bonchev–Trinajstić information content (AvgIpc) is 3.31. The van der Waals surface area contributed by atoms with Crippen molar-refractivity contribution in [3.8, 4) is 5.69 Å². The number of aromatic carboxylic acids is 1. The van der Waals surface area contributed by atoms with Crippen LogP contribution in [-0.4, -0.2) is 35.4 Å². The first kappa shape index (κ1) is 24.6. The Morgan fingerprint density at radius 3 is 2.62 bits per heavy atom. The van der Waals surface area contributed by atoms with Gasteiger partial charge in [0.1, 0.15) is 15.9 Å². The Bertz CT molecular complexity index is 1560.